The van der Waals surface area contributed by atoms with Crippen LogP contribution in [0.25, 0.3) is 9.53 Å². The van der Waals surface area contributed by atoms with Crippen LogP contribution in [-0.2, 0) is 0 Å². The summed E-state index contributed by atoms with van der Waals surface area (Å²) in [6.07, 6.45) is 0. The fourth-order valence-corrected chi connectivity index (χ4v) is 3.36. The number of amides is 1. The van der Waals surface area contributed by atoms with Gasteiger partial charge in [-0.15, -0.1) is 22.7 Å². The molecule has 1 aromatic carbocycles. The minimum atomic E-state index is -0.994. The largest absolute Gasteiger partial charge is 0.321 e. The van der Waals surface area contributed by atoms with Crippen molar-refractivity contribution in [2.45, 2.75) is 0 Å². The molecule has 0 bridgehead atoms. The zero-order chi connectivity index (χ0) is 13.4. The lowest BCUT2D eigenvalue weighted by molar-refractivity contribution is 0.103. The molecule has 0 unspecified atom stereocenters. The second-order valence-electron chi connectivity index (χ2n) is 3.72. The number of nitrogens with one attached hydrogen (secondary N) is 1. The number of carbonyl (C=O) groups excluding carboxylic acids is 1. The third-order valence-corrected chi connectivity index (χ3v) is 4.38. The zero-order valence-electron chi connectivity index (χ0n) is 9.31. The molecule has 0 atom stereocenters. The third-order valence-electron chi connectivity index (χ3n) is 2.43. The molecule has 3 aromatic rings. The number of rotatable bonds is 2. The van der Waals surface area contributed by atoms with E-state index in [9.17, 15) is 13.6 Å². The Bertz CT molecular complexity index is 738. The van der Waals surface area contributed by atoms with Crippen LogP contribution in [0.1, 0.15) is 9.67 Å². The average molecular weight is 296 g/mol. The number of thiazole rings is 1. The van der Waals surface area contributed by atoms with Gasteiger partial charge in [0.1, 0.15) is 4.83 Å². The van der Waals surface area contributed by atoms with Crippen LogP contribution >= 0.6 is 22.7 Å². The summed E-state index contributed by atoms with van der Waals surface area (Å²) in [5, 5.41) is 2.52. The van der Waals surface area contributed by atoms with E-state index in [2.05, 4.69) is 10.3 Å². The number of thiophene rings is 1. The van der Waals surface area contributed by atoms with E-state index in [1.54, 1.807) is 11.6 Å². The van der Waals surface area contributed by atoms with E-state index >= 15 is 0 Å². The van der Waals surface area contributed by atoms with E-state index in [-0.39, 0.29) is 11.6 Å². The number of benzene rings is 1. The third kappa shape index (κ3) is 2.34. The van der Waals surface area contributed by atoms with Gasteiger partial charge in [-0.05, 0) is 18.2 Å². The zero-order valence-corrected chi connectivity index (χ0v) is 10.9. The highest BCUT2D eigenvalue weighted by Gasteiger charge is 2.13. The SMILES string of the molecule is O=C(Nc1ccc(F)c(F)c1)c1cc2scnc2s1. The molecule has 96 valence electrons. The molecular weight excluding hydrogens is 290 g/mol. The van der Waals surface area contributed by atoms with Crippen LogP contribution in [0, 0.1) is 11.6 Å². The van der Waals surface area contributed by atoms with Gasteiger partial charge in [-0.1, -0.05) is 0 Å². The van der Waals surface area contributed by atoms with Gasteiger partial charge in [-0.25, -0.2) is 13.8 Å². The van der Waals surface area contributed by atoms with Gasteiger partial charge in [0.25, 0.3) is 5.91 Å². The molecule has 0 fully saturated rings. The van der Waals surface area contributed by atoms with Crippen LogP contribution in [0.15, 0.2) is 29.8 Å². The van der Waals surface area contributed by atoms with Crippen LogP contribution in [-0.4, -0.2) is 10.9 Å². The standard InChI is InChI=1S/C12H6F2N2OS2/c13-7-2-1-6(3-8(7)14)16-11(17)9-4-10-12(19-9)15-5-18-10/h1-5H,(H,16,17). The monoisotopic (exact) mass is 296 g/mol. The molecule has 0 spiro atoms. The predicted molar refractivity (Wildman–Crippen MR) is 71.8 cm³/mol. The summed E-state index contributed by atoms with van der Waals surface area (Å²) in [7, 11) is 0. The summed E-state index contributed by atoms with van der Waals surface area (Å²) in [5.74, 6) is -2.30. The summed E-state index contributed by atoms with van der Waals surface area (Å²) in [4.78, 5) is 17.3. The van der Waals surface area contributed by atoms with E-state index in [0.717, 1.165) is 21.7 Å². The highest BCUT2D eigenvalue weighted by atomic mass is 32.1. The van der Waals surface area contributed by atoms with Crippen molar-refractivity contribution in [2.24, 2.45) is 0 Å². The van der Waals surface area contributed by atoms with Gasteiger partial charge in [-0.2, -0.15) is 0 Å². The van der Waals surface area contributed by atoms with Gasteiger partial charge in [0.05, 0.1) is 15.1 Å². The molecule has 0 aliphatic rings. The number of halogens is 2. The molecule has 1 amide bonds. The highest BCUT2D eigenvalue weighted by molar-refractivity contribution is 7.27. The lowest BCUT2D eigenvalue weighted by Gasteiger charge is -2.03. The Morgan fingerprint density at radius 2 is 2.05 bits per heavy atom. The van der Waals surface area contributed by atoms with Crippen LogP contribution in [0.2, 0.25) is 0 Å². The number of anilines is 1. The summed E-state index contributed by atoms with van der Waals surface area (Å²) < 4.78 is 26.7. The first kappa shape index (κ1) is 12.2. The fourth-order valence-electron chi connectivity index (χ4n) is 1.55. The van der Waals surface area contributed by atoms with Crippen LogP contribution < -0.4 is 5.32 Å². The van der Waals surface area contributed by atoms with E-state index < -0.39 is 11.6 Å². The number of hydrogen-bond donors (Lipinski definition) is 1. The topological polar surface area (TPSA) is 42.0 Å². The minimum absolute atomic E-state index is 0.216. The van der Waals surface area contributed by atoms with Gasteiger partial charge in [0.2, 0.25) is 0 Å². The molecule has 0 saturated carbocycles. The molecule has 2 heterocycles. The van der Waals surface area contributed by atoms with Crippen molar-refractivity contribution in [2.75, 3.05) is 5.32 Å². The molecule has 0 aliphatic carbocycles. The van der Waals surface area contributed by atoms with Gasteiger partial charge < -0.3 is 5.32 Å². The normalized spacial score (nSPS) is 10.8. The first-order valence-corrected chi connectivity index (χ1v) is 6.92. The Labute approximate surface area is 114 Å². The Morgan fingerprint density at radius 3 is 2.79 bits per heavy atom. The summed E-state index contributed by atoms with van der Waals surface area (Å²) in [6, 6.07) is 4.96. The Balaban J connectivity index is 1.84. The second-order valence-corrected chi connectivity index (χ2v) is 5.63. The molecule has 0 saturated heterocycles. The Morgan fingerprint density at radius 1 is 1.21 bits per heavy atom. The fraction of sp³-hybridized carbons (Fsp3) is 0. The summed E-state index contributed by atoms with van der Waals surface area (Å²) >= 11 is 2.70. The van der Waals surface area contributed by atoms with Crippen molar-refractivity contribution >= 4 is 43.8 Å². The number of fused-ring (bicyclic) bond motifs is 1. The van der Waals surface area contributed by atoms with Crippen LogP contribution in [0.5, 0.6) is 0 Å². The van der Waals surface area contributed by atoms with Gasteiger partial charge >= 0.3 is 0 Å². The van der Waals surface area contributed by atoms with E-state index in [4.69, 9.17) is 0 Å². The lowest BCUT2D eigenvalue weighted by atomic mass is 10.3. The second kappa shape index (κ2) is 4.67. The van der Waals surface area contributed by atoms with Gasteiger partial charge in [0, 0.05) is 11.8 Å². The molecule has 0 radical (unpaired) electrons. The smallest absolute Gasteiger partial charge is 0.265 e. The maximum Gasteiger partial charge on any atom is 0.265 e. The van der Waals surface area contributed by atoms with Crippen molar-refractivity contribution in [1.29, 1.82) is 0 Å². The first-order valence-electron chi connectivity index (χ1n) is 5.23. The average Bonchev–Trinajstić information content (AvgIpc) is 2.94. The maximum absolute atomic E-state index is 13.0. The Hall–Kier alpha value is -1.86. The van der Waals surface area contributed by atoms with E-state index in [1.807, 2.05) is 0 Å². The van der Waals surface area contributed by atoms with Crippen LogP contribution in [0.3, 0.4) is 0 Å². The molecule has 7 heteroatoms. The lowest BCUT2D eigenvalue weighted by Crippen LogP contribution is -2.10. The summed E-state index contributed by atoms with van der Waals surface area (Å²) in [5.41, 5.74) is 1.92. The van der Waals surface area contributed by atoms with Gasteiger partial charge in [0.15, 0.2) is 11.6 Å². The number of carbonyl (C=O) groups is 1. The van der Waals surface area contributed by atoms with Crippen molar-refractivity contribution in [3.8, 4) is 0 Å². The molecule has 19 heavy (non-hydrogen) atoms. The molecule has 3 rings (SSSR count). The summed E-state index contributed by atoms with van der Waals surface area (Å²) in [6.45, 7) is 0. The Kier molecular flexibility index (Phi) is 3.00. The van der Waals surface area contributed by atoms with Crippen molar-refractivity contribution in [1.82, 2.24) is 4.98 Å². The molecular formula is C12H6F2N2OS2. The van der Waals surface area contributed by atoms with Crippen LogP contribution in [0.4, 0.5) is 14.5 Å². The highest BCUT2D eigenvalue weighted by Crippen LogP contribution is 2.28. The number of aromatic nitrogens is 1. The predicted octanol–water partition coefficient (Wildman–Crippen LogP) is 3.89. The van der Waals surface area contributed by atoms with Crippen molar-refractivity contribution in [3.63, 3.8) is 0 Å². The molecule has 2 aromatic heterocycles. The quantitative estimate of drug-likeness (QED) is 0.779. The molecule has 1 N–H and O–H groups in total. The van der Waals surface area contributed by atoms with E-state index in [1.165, 1.54) is 28.7 Å². The van der Waals surface area contributed by atoms with Crippen molar-refractivity contribution in [3.05, 3.63) is 46.3 Å². The first-order chi connectivity index (χ1) is 9.13. The van der Waals surface area contributed by atoms with Gasteiger partial charge in [-0.3, -0.25) is 4.79 Å². The molecule has 3 nitrogen and oxygen atoms in total. The van der Waals surface area contributed by atoms with E-state index in [0.29, 0.717) is 4.88 Å². The number of nitrogens with zero attached hydrogens (tertiary/aromatic N) is 1. The van der Waals surface area contributed by atoms with Crippen molar-refractivity contribution < 1.29 is 13.6 Å². The molecule has 0 aliphatic heterocycles. The maximum atomic E-state index is 13.0. The number of hydrogen-bond acceptors (Lipinski definition) is 4. The minimum Gasteiger partial charge on any atom is -0.321 e.